The van der Waals surface area contributed by atoms with Crippen molar-refractivity contribution >= 4 is 11.9 Å². The van der Waals surface area contributed by atoms with Gasteiger partial charge in [0.2, 0.25) is 5.91 Å². The van der Waals surface area contributed by atoms with Gasteiger partial charge in [-0.1, -0.05) is 6.07 Å². The van der Waals surface area contributed by atoms with Gasteiger partial charge in [0.05, 0.1) is 17.2 Å². The number of tetrazole rings is 1. The first kappa shape index (κ1) is 21.4. The normalized spacial score (nSPS) is 25.6. The standard InChI is InChI=1S/C23H27N7O4/c31-19(16-3-4-20(24-11-16)29-14-25-26-27-29)12-28-7-5-23(6-8-28)10-18(15-1-2-15)30(22(23)33)17-9-21(32)34-13-17/h3-4,9,11,14-15,18-19,31H,1-2,5-8,10,12-13H2/t18?,19-/m0/s1. The third-order valence-corrected chi connectivity index (χ3v) is 7.71. The molecule has 3 fully saturated rings. The average Bonchev–Trinajstić information content (AvgIpc) is 3.24. The van der Waals surface area contributed by atoms with Crippen molar-refractivity contribution < 1.29 is 19.4 Å². The molecule has 6 rings (SSSR count). The number of piperidine rings is 1. The second kappa shape index (κ2) is 8.24. The molecule has 2 aromatic heterocycles. The molecule has 0 aromatic carbocycles. The highest BCUT2D eigenvalue weighted by Gasteiger charge is 2.57. The summed E-state index contributed by atoms with van der Waals surface area (Å²) < 4.78 is 6.56. The molecule has 1 amide bonds. The summed E-state index contributed by atoms with van der Waals surface area (Å²) in [5, 5.41) is 21.8. The van der Waals surface area contributed by atoms with Crippen molar-refractivity contribution in [3.63, 3.8) is 0 Å². The van der Waals surface area contributed by atoms with Gasteiger partial charge in [-0.05, 0) is 67.6 Å². The highest BCUT2D eigenvalue weighted by atomic mass is 16.5. The van der Waals surface area contributed by atoms with Crippen molar-refractivity contribution in [2.24, 2.45) is 11.3 Å². The van der Waals surface area contributed by atoms with Crippen LogP contribution in [0.1, 0.15) is 43.8 Å². The number of aromatic nitrogens is 5. The molecule has 1 saturated carbocycles. The number of nitrogens with zero attached hydrogens (tertiary/aromatic N) is 7. The van der Waals surface area contributed by atoms with Crippen LogP contribution in [0.5, 0.6) is 0 Å². The van der Waals surface area contributed by atoms with Crippen LogP contribution >= 0.6 is 0 Å². The number of esters is 1. The first-order valence-corrected chi connectivity index (χ1v) is 11.8. The lowest BCUT2D eigenvalue weighted by Crippen LogP contribution is -2.45. The minimum absolute atomic E-state index is 0.150. The zero-order valence-electron chi connectivity index (χ0n) is 18.8. The Balaban J connectivity index is 1.10. The molecule has 4 aliphatic rings. The summed E-state index contributed by atoms with van der Waals surface area (Å²) in [4.78, 5) is 33.7. The molecule has 3 aliphatic heterocycles. The van der Waals surface area contributed by atoms with E-state index in [-0.39, 0.29) is 29.9 Å². The molecule has 1 N–H and O–H groups in total. The highest BCUT2D eigenvalue weighted by Crippen LogP contribution is 2.52. The van der Waals surface area contributed by atoms with E-state index >= 15 is 0 Å². The number of carbonyl (C=O) groups is 2. The minimum atomic E-state index is -0.675. The molecule has 1 unspecified atom stereocenters. The van der Waals surface area contributed by atoms with Crippen LogP contribution < -0.4 is 0 Å². The predicted molar refractivity (Wildman–Crippen MR) is 117 cm³/mol. The van der Waals surface area contributed by atoms with Crippen LogP contribution in [0.4, 0.5) is 0 Å². The number of β-amino-alcohol motifs (C(OH)–C–C–N with tert-alkyl or cyclic N) is 1. The Labute approximate surface area is 196 Å². The van der Waals surface area contributed by atoms with E-state index in [1.807, 2.05) is 11.0 Å². The van der Waals surface area contributed by atoms with Crippen LogP contribution in [-0.4, -0.2) is 84.3 Å². The number of hydrogen-bond donors (Lipinski definition) is 1. The Hall–Kier alpha value is -3.18. The van der Waals surface area contributed by atoms with Crippen LogP contribution in [0, 0.1) is 11.3 Å². The van der Waals surface area contributed by atoms with Crippen LogP contribution in [0.3, 0.4) is 0 Å². The maximum Gasteiger partial charge on any atom is 0.333 e. The number of carbonyl (C=O) groups excluding carboxylic acids is 2. The molecule has 5 heterocycles. The van der Waals surface area contributed by atoms with Crippen molar-refractivity contribution in [3.8, 4) is 5.82 Å². The number of cyclic esters (lactones) is 1. The van der Waals surface area contributed by atoms with E-state index in [2.05, 4.69) is 25.4 Å². The molecule has 2 aromatic rings. The molecule has 34 heavy (non-hydrogen) atoms. The second-order valence-electron chi connectivity index (χ2n) is 9.83. The number of ether oxygens (including phenoxy) is 1. The summed E-state index contributed by atoms with van der Waals surface area (Å²) in [6.45, 7) is 2.18. The largest absolute Gasteiger partial charge is 0.456 e. The minimum Gasteiger partial charge on any atom is -0.456 e. The van der Waals surface area contributed by atoms with Crippen LogP contribution in [-0.2, 0) is 14.3 Å². The van der Waals surface area contributed by atoms with E-state index in [0.717, 1.165) is 56.5 Å². The zero-order chi connectivity index (χ0) is 23.3. The number of aliphatic hydroxyl groups is 1. The van der Waals surface area contributed by atoms with Crippen molar-refractivity contribution in [3.05, 3.63) is 42.0 Å². The number of hydrogen-bond acceptors (Lipinski definition) is 9. The quantitative estimate of drug-likeness (QED) is 0.611. The van der Waals surface area contributed by atoms with E-state index in [1.165, 1.54) is 17.1 Å². The van der Waals surface area contributed by atoms with Gasteiger partial charge in [-0.25, -0.2) is 9.78 Å². The molecule has 11 nitrogen and oxygen atoms in total. The lowest BCUT2D eigenvalue weighted by atomic mass is 9.75. The summed E-state index contributed by atoms with van der Waals surface area (Å²) in [6.07, 6.45) is 8.58. The Morgan fingerprint density at radius 3 is 2.65 bits per heavy atom. The lowest BCUT2D eigenvalue weighted by molar-refractivity contribution is -0.139. The fourth-order valence-corrected chi connectivity index (χ4v) is 5.62. The first-order chi connectivity index (χ1) is 16.5. The fraction of sp³-hybridized carbons (Fsp3) is 0.565. The zero-order valence-corrected chi connectivity index (χ0v) is 18.8. The van der Waals surface area contributed by atoms with E-state index < -0.39 is 6.10 Å². The van der Waals surface area contributed by atoms with Crippen LogP contribution in [0.2, 0.25) is 0 Å². The van der Waals surface area contributed by atoms with Crippen LogP contribution in [0.15, 0.2) is 36.4 Å². The number of amides is 1. The molecular weight excluding hydrogens is 438 g/mol. The first-order valence-electron chi connectivity index (χ1n) is 11.8. The summed E-state index contributed by atoms with van der Waals surface area (Å²) in [5.74, 6) is 0.905. The number of likely N-dealkylation sites (tertiary alicyclic amines) is 2. The van der Waals surface area contributed by atoms with Crippen molar-refractivity contribution in [2.45, 2.75) is 44.2 Å². The summed E-state index contributed by atoms with van der Waals surface area (Å²) in [5.41, 5.74) is 1.07. The lowest BCUT2D eigenvalue weighted by Gasteiger charge is -2.38. The molecule has 178 valence electrons. The monoisotopic (exact) mass is 465 g/mol. The van der Waals surface area contributed by atoms with Gasteiger partial charge in [0.25, 0.3) is 0 Å². The van der Waals surface area contributed by atoms with Gasteiger partial charge in [0.15, 0.2) is 5.82 Å². The molecule has 1 aliphatic carbocycles. The summed E-state index contributed by atoms with van der Waals surface area (Å²) in [7, 11) is 0. The van der Waals surface area contributed by atoms with E-state index in [9.17, 15) is 14.7 Å². The number of rotatable bonds is 6. The third-order valence-electron chi connectivity index (χ3n) is 7.71. The maximum absolute atomic E-state index is 13.6. The molecular formula is C23H27N7O4. The Kier molecular flexibility index (Phi) is 5.18. The summed E-state index contributed by atoms with van der Waals surface area (Å²) >= 11 is 0. The molecule has 1 spiro atoms. The van der Waals surface area contributed by atoms with Gasteiger partial charge in [0.1, 0.15) is 12.9 Å². The van der Waals surface area contributed by atoms with E-state index in [4.69, 9.17) is 4.74 Å². The highest BCUT2D eigenvalue weighted by molar-refractivity contribution is 5.91. The second-order valence-corrected chi connectivity index (χ2v) is 9.83. The maximum atomic E-state index is 13.6. The Bertz CT molecular complexity index is 1100. The van der Waals surface area contributed by atoms with E-state index in [0.29, 0.717) is 18.3 Å². The SMILES string of the molecule is O=C1C=C(N2C(=O)C3(CCN(C[C@H](O)c4ccc(-n5cnnn5)nc4)CC3)CC2C2CC2)CO1. The van der Waals surface area contributed by atoms with Crippen molar-refractivity contribution in [1.29, 1.82) is 0 Å². The Morgan fingerprint density at radius 1 is 1.21 bits per heavy atom. The van der Waals surface area contributed by atoms with Gasteiger partial charge in [-0.15, -0.1) is 5.10 Å². The molecule has 11 heteroatoms. The molecule has 2 atom stereocenters. The van der Waals surface area contributed by atoms with Gasteiger partial charge in [-0.2, -0.15) is 4.68 Å². The predicted octanol–water partition coefficient (Wildman–Crippen LogP) is 0.624. The van der Waals surface area contributed by atoms with Gasteiger partial charge in [-0.3, -0.25) is 4.79 Å². The Morgan fingerprint density at radius 2 is 2.03 bits per heavy atom. The topological polar surface area (TPSA) is 127 Å². The number of aliphatic hydroxyl groups excluding tert-OH is 1. The smallest absolute Gasteiger partial charge is 0.333 e. The van der Waals surface area contributed by atoms with Crippen molar-refractivity contribution in [1.82, 2.24) is 35.0 Å². The summed E-state index contributed by atoms with van der Waals surface area (Å²) in [6, 6.07) is 3.78. The van der Waals surface area contributed by atoms with E-state index in [1.54, 1.807) is 12.3 Å². The number of pyridine rings is 1. The van der Waals surface area contributed by atoms with Gasteiger partial charge in [0, 0.05) is 30.4 Å². The van der Waals surface area contributed by atoms with Crippen molar-refractivity contribution in [2.75, 3.05) is 26.2 Å². The third kappa shape index (κ3) is 3.78. The molecule has 2 saturated heterocycles. The fourth-order valence-electron chi connectivity index (χ4n) is 5.62. The molecule has 0 radical (unpaired) electrons. The van der Waals surface area contributed by atoms with Gasteiger partial charge < -0.3 is 19.6 Å². The average molecular weight is 466 g/mol. The van der Waals surface area contributed by atoms with Gasteiger partial charge >= 0.3 is 5.97 Å². The molecule has 0 bridgehead atoms. The van der Waals surface area contributed by atoms with Crippen LogP contribution in [0.25, 0.3) is 5.82 Å².